The highest BCUT2D eigenvalue weighted by Gasteiger charge is 2.35. The molecule has 24 heavy (non-hydrogen) atoms. The molecular weight excluding hydrogens is 306 g/mol. The number of fused-ring (bicyclic) bond motifs is 1. The van der Waals surface area contributed by atoms with Crippen molar-refractivity contribution >= 4 is 5.91 Å². The van der Waals surface area contributed by atoms with E-state index in [9.17, 15) is 4.79 Å². The molecule has 1 aromatic rings. The molecule has 1 unspecified atom stereocenters. The Bertz CT molecular complexity index is 589. The van der Waals surface area contributed by atoms with Crippen molar-refractivity contribution in [2.45, 2.75) is 45.4 Å². The van der Waals surface area contributed by atoms with Crippen LogP contribution in [-0.4, -0.2) is 42.4 Å². The number of rotatable bonds is 7. The number of aliphatic hydroxyl groups is 1. The monoisotopic (exact) mass is 333 g/mol. The van der Waals surface area contributed by atoms with Crippen molar-refractivity contribution in [2.75, 3.05) is 26.5 Å². The molecule has 1 amide bonds. The molecule has 3 rings (SSSR count). The number of piperidine rings is 1. The van der Waals surface area contributed by atoms with Gasteiger partial charge in [0.1, 0.15) is 0 Å². The van der Waals surface area contributed by atoms with Gasteiger partial charge in [0.2, 0.25) is 12.7 Å². The predicted octanol–water partition coefficient (Wildman–Crippen LogP) is 2.75. The lowest BCUT2D eigenvalue weighted by atomic mass is 9.76. The van der Waals surface area contributed by atoms with Gasteiger partial charge in [0.05, 0.1) is 0 Å². The third kappa shape index (κ3) is 4.01. The third-order valence-corrected chi connectivity index (χ3v) is 5.02. The Hall–Kier alpha value is -1.75. The predicted molar refractivity (Wildman–Crippen MR) is 91.1 cm³/mol. The first-order chi connectivity index (χ1) is 11.6. The summed E-state index contributed by atoms with van der Waals surface area (Å²) in [6, 6.07) is 6.14. The molecule has 2 aliphatic rings. The summed E-state index contributed by atoms with van der Waals surface area (Å²) in [5, 5.41) is 8.87. The van der Waals surface area contributed by atoms with E-state index in [-0.39, 0.29) is 17.9 Å². The number of carbonyl (C=O) groups is 1. The molecule has 2 heterocycles. The van der Waals surface area contributed by atoms with E-state index in [1.165, 1.54) is 5.56 Å². The van der Waals surface area contributed by atoms with Gasteiger partial charge in [-0.1, -0.05) is 13.0 Å². The van der Waals surface area contributed by atoms with E-state index in [1.54, 1.807) is 0 Å². The highest BCUT2D eigenvalue weighted by molar-refractivity contribution is 5.77. The van der Waals surface area contributed by atoms with E-state index < -0.39 is 0 Å². The summed E-state index contributed by atoms with van der Waals surface area (Å²) in [6.45, 7) is 4.40. The lowest BCUT2D eigenvalue weighted by Gasteiger charge is -2.40. The molecule has 0 radical (unpaired) electrons. The number of hydrogen-bond acceptors (Lipinski definition) is 4. The van der Waals surface area contributed by atoms with Crippen molar-refractivity contribution in [1.82, 2.24) is 4.90 Å². The maximum Gasteiger partial charge on any atom is 0.231 e. The Labute approximate surface area is 143 Å². The number of aliphatic hydroxyl groups excluding tert-OH is 1. The van der Waals surface area contributed by atoms with Crippen LogP contribution in [0.25, 0.3) is 0 Å². The molecule has 5 nitrogen and oxygen atoms in total. The minimum Gasteiger partial charge on any atom is -0.454 e. The minimum atomic E-state index is 0.0958. The quantitative estimate of drug-likeness (QED) is 0.780. The molecule has 132 valence electrons. The van der Waals surface area contributed by atoms with Gasteiger partial charge in [-0.25, -0.2) is 0 Å². The highest BCUT2D eigenvalue weighted by Crippen LogP contribution is 2.37. The fraction of sp³-hybridized carbons (Fsp3) is 0.632. The van der Waals surface area contributed by atoms with E-state index in [0.29, 0.717) is 13.2 Å². The molecule has 0 spiro atoms. The largest absolute Gasteiger partial charge is 0.454 e. The number of amides is 1. The molecule has 0 bridgehead atoms. The second-order valence-electron chi connectivity index (χ2n) is 7.27. The average molecular weight is 333 g/mol. The van der Waals surface area contributed by atoms with Crippen molar-refractivity contribution < 1.29 is 19.4 Å². The van der Waals surface area contributed by atoms with Crippen LogP contribution >= 0.6 is 0 Å². The van der Waals surface area contributed by atoms with Crippen molar-refractivity contribution in [3.05, 3.63) is 23.8 Å². The molecule has 5 heteroatoms. The van der Waals surface area contributed by atoms with Gasteiger partial charge in [-0.05, 0) is 55.2 Å². The van der Waals surface area contributed by atoms with Crippen LogP contribution in [0.3, 0.4) is 0 Å². The average Bonchev–Trinajstić information content (AvgIpc) is 3.02. The maximum atomic E-state index is 12.2. The van der Waals surface area contributed by atoms with Gasteiger partial charge >= 0.3 is 0 Å². The number of nitrogens with zero attached hydrogens (tertiary/aromatic N) is 1. The summed E-state index contributed by atoms with van der Waals surface area (Å²) in [4.78, 5) is 14.2. The Morgan fingerprint density at radius 1 is 1.21 bits per heavy atom. The van der Waals surface area contributed by atoms with Gasteiger partial charge in [-0.2, -0.15) is 0 Å². The van der Waals surface area contributed by atoms with E-state index in [2.05, 4.69) is 19.1 Å². The van der Waals surface area contributed by atoms with Crippen molar-refractivity contribution in [3.63, 3.8) is 0 Å². The van der Waals surface area contributed by atoms with Crippen LogP contribution in [0.4, 0.5) is 0 Å². The van der Waals surface area contributed by atoms with Crippen molar-refractivity contribution in [1.29, 1.82) is 0 Å². The van der Waals surface area contributed by atoms with Crippen LogP contribution in [0.5, 0.6) is 11.5 Å². The fourth-order valence-corrected chi connectivity index (χ4v) is 3.68. The van der Waals surface area contributed by atoms with E-state index >= 15 is 0 Å². The van der Waals surface area contributed by atoms with Gasteiger partial charge < -0.3 is 19.5 Å². The normalized spacial score (nSPS) is 22.9. The van der Waals surface area contributed by atoms with Crippen molar-refractivity contribution in [3.8, 4) is 11.5 Å². The molecule has 0 aliphatic carbocycles. The molecule has 1 N–H and O–H groups in total. The topological polar surface area (TPSA) is 59.0 Å². The zero-order valence-corrected chi connectivity index (χ0v) is 14.4. The SMILES string of the molecule is CC1(Cc2ccc3c(c2)OCO3)CCC(=O)N(CCCCCO)C1. The summed E-state index contributed by atoms with van der Waals surface area (Å²) < 4.78 is 10.8. The molecule has 1 atom stereocenters. The fourth-order valence-electron chi connectivity index (χ4n) is 3.68. The Morgan fingerprint density at radius 2 is 2.04 bits per heavy atom. The summed E-state index contributed by atoms with van der Waals surface area (Å²) in [5.41, 5.74) is 1.33. The van der Waals surface area contributed by atoms with Gasteiger partial charge in [0.15, 0.2) is 11.5 Å². The number of ether oxygens (including phenoxy) is 2. The Morgan fingerprint density at radius 3 is 2.88 bits per heavy atom. The number of benzene rings is 1. The van der Waals surface area contributed by atoms with E-state index in [1.807, 2.05) is 11.0 Å². The van der Waals surface area contributed by atoms with Crippen LogP contribution in [0.15, 0.2) is 18.2 Å². The summed E-state index contributed by atoms with van der Waals surface area (Å²) in [7, 11) is 0. The van der Waals surface area contributed by atoms with Gasteiger partial charge in [-0.3, -0.25) is 4.79 Å². The first-order valence-corrected chi connectivity index (χ1v) is 8.87. The first-order valence-electron chi connectivity index (χ1n) is 8.87. The molecule has 1 aromatic carbocycles. The second-order valence-corrected chi connectivity index (χ2v) is 7.27. The summed E-state index contributed by atoms with van der Waals surface area (Å²) >= 11 is 0. The molecular formula is C19H27NO4. The van der Waals surface area contributed by atoms with Crippen LogP contribution in [0.1, 0.15) is 44.6 Å². The summed E-state index contributed by atoms with van der Waals surface area (Å²) in [5.74, 6) is 1.90. The van der Waals surface area contributed by atoms with Gasteiger partial charge in [0, 0.05) is 26.1 Å². The van der Waals surface area contributed by atoms with Crippen LogP contribution in [0.2, 0.25) is 0 Å². The lowest BCUT2D eigenvalue weighted by Crippen LogP contribution is -2.46. The van der Waals surface area contributed by atoms with Crippen LogP contribution < -0.4 is 9.47 Å². The lowest BCUT2D eigenvalue weighted by molar-refractivity contribution is -0.137. The Kier molecular flexibility index (Phi) is 5.29. The number of unbranched alkanes of at least 4 members (excludes halogenated alkanes) is 2. The minimum absolute atomic E-state index is 0.0958. The maximum absolute atomic E-state index is 12.2. The zero-order chi connectivity index (χ0) is 17.0. The molecule has 0 aromatic heterocycles. The van der Waals surface area contributed by atoms with E-state index in [4.69, 9.17) is 14.6 Å². The molecule has 2 aliphatic heterocycles. The molecule has 1 saturated heterocycles. The number of hydrogen-bond donors (Lipinski definition) is 1. The number of likely N-dealkylation sites (tertiary alicyclic amines) is 1. The molecule has 1 fully saturated rings. The van der Waals surface area contributed by atoms with Gasteiger partial charge in [-0.15, -0.1) is 0 Å². The summed E-state index contributed by atoms with van der Waals surface area (Å²) in [6.07, 6.45) is 5.24. The Balaban J connectivity index is 1.60. The zero-order valence-electron chi connectivity index (χ0n) is 14.4. The third-order valence-electron chi connectivity index (χ3n) is 5.02. The number of carbonyl (C=O) groups excluding carboxylic acids is 1. The molecule has 0 saturated carbocycles. The standard InChI is InChI=1S/C19H27NO4/c1-19(12-15-5-6-16-17(11-15)24-14-23-16)8-7-18(22)20(13-19)9-3-2-4-10-21/h5-6,11,21H,2-4,7-10,12-14H2,1H3. The highest BCUT2D eigenvalue weighted by atomic mass is 16.7. The van der Waals surface area contributed by atoms with E-state index in [0.717, 1.165) is 56.7 Å². The first kappa shape index (κ1) is 17.1. The smallest absolute Gasteiger partial charge is 0.231 e. The van der Waals surface area contributed by atoms with Crippen molar-refractivity contribution in [2.24, 2.45) is 5.41 Å². The van der Waals surface area contributed by atoms with Gasteiger partial charge in [0.25, 0.3) is 0 Å². The second kappa shape index (κ2) is 7.43. The van der Waals surface area contributed by atoms with Crippen LogP contribution in [-0.2, 0) is 11.2 Å². The van der Waals surface area contributed by atoms with Crippen LogP contribution in [0, 0.1) is 5.41 Å².